The van der Waals surface area contributed by atoms with Crippen molar-refractivity contribution in [1.82, 2.24) is 14.4 Å². The molecule has 0 aliphatic carbocycles. The summed E-state index contributed by atoms with van der Waals surface area (Å²) in [4.78, 5) is 9.02. The first-order valence-electron chi connectivity index (χ1n) is 10.2. The number of furan rings is 2. The second-order valence-electron chi connectivity index (χ2n) is 7.92. The summed E-state index contributed by atoms with van der Waals surface area (Å²) in [7, 11) is 0. The minimum atomic E-state index is 0.814. The van der Waals surface area contributed by atoms with Crippen molar-refractivity contribution >= 4 is 71.2 Å². The molecule has 144 valence electrons. The number of hydrogen-bond donors (Lipinski definition) is 0. The van der Waals surface area contributed by atoms with Gasteiger partial charge in [-0.2, -0.15) is 0 Å². The van der Waals surface area contributed by atoms with E-state index in [0.29, 0.717) is 0 Å². The highest BCUT2D eigenvalue weighted by Gasteiger charge is 2.18. The first-order chi connectivity index (χ1) is 15.4. The van der Waals surface area contributed by atoms with Crippen LogP contribution in [-0.2, 0) is 0 Å². The van der Waals surface area contributed by atoms with Crippen molar-refractivity contribution in [3.63, 3.8) is 0 Å². The smallest absolute Gasteiger partial charge is 0.145 e. The lowest BCUT2D eigenvalue weighted by atomic mass is 10.0. The molecule has 0 saturated carbocycles. The molecule has 8 aromatic rings. The first-order valence-corrected chi connectivity index (χ1v) is 10.2. The van der Waals surface area contributed by atoms with Gasteiger partial charge in [-0.15, -0.1) is 0 Å². The molecule has 0 bridgehead atoms. The van der Waals surface area contributed by atoms with Crippen LogP contribution in [0.1, 0.15) is 0 Å². The minimum Gasteiger partial charge on any atom is -0.456 e. The molecule has 5 nitrogen and oxygen atoms in total. The standard InChI is InChI=1S/C26H13N3O2/c1-2-4-20-14(3-1)17-11-18-23(12-22(17)30-20)31-21-6-5-15-19-13-27-8-7-16(19)26-28-9-10-29(26)25(15)24(18)21/h1-13H. The maximum Gasteiger partial charge on any atom is 0.145 e. The van der Waals surface area contributed by atoms with Crippen LogP contribution < -0.4 is 0 Å². The van der Waals surface area contributed by atoms with Gasteiger partial charge in [0.15, 0.2) is 0 Å². The zero-order valence-corrected chi connectivity index (χ0v) is 16.2. The summed E-state index contributed by atoms with van der Waals surface area (Å²) < 4.78 is 14.5. The van der Waals surface area contributed by atoms with E-state index in [1.165, 1.54) is 0 Å². The molecule has 3 aromatic carbocycles. The van der Waals surface area contributed by atoms with Gasteiger partial charge in [-0.3, -0.25) is 9.38 Å². The lowest BCUT2D eigenvalue weighted by molar-refractivity contribution is 0.656. The average Bonchev–Trinajstić information content (AvgIpc) is 3.52. The Labute approximate surface area is 174 Å². The van der Waals surface area contributed by atoms with Gasteiger partial charge in [0.25, 0.3) is 0 Å². The Bertz CT molecular complexity index is 2010. The quantitative estimate of drug-likeness (QED) is 0.262. The summed E-state index contributed by atoms with van der Waals surface area (Å²) >= 11 is 0. The predicted octanol–water partition coefficient (Wildman–Crippen LogP) is 6.83. The maximum atomic E-state index is 6.29. The van der Waals surface area contributed by atoms with Crippen LogP contribution in [0, 0.1) is 0 Å². The Hall–Kier alpha value is -4.38. The van der Waals surface area contributed by atoms with Gasteiger partial charge in [-0.05, 0) is 30.3 Å². The van der Waals surface area contributed by atoms with Crippen LogP contribution >= 0.6 is 0 Å². The molecule has 5 heteroatoms. The van der Waals surface area contributed by atoms with Gasteiger partial charge in [-0.1, -0.05) is 18.2 Å². The zero-order valence-electron chi connectivity index (χ0n) is 16.2. The van der Waals surface area contributed by atoms with Crippen molar-refractivity contribution in [2.45, 2.75) is 0 Å². The molecule has 0 fully saturated rings. The van der Waals surface area contributed by atoms with Crippen molar-refractivity contribution in [2.24, 2.45) is 0 Å². The average molecular weight is 399 g/mol. The number of benzene rings is 3. The third kappa shape index (κ3) is 1.82. The molecule has 31 heavy (non-hydrogen) atoms. The molecule has 0 spiro atoms. The highest BCUT2D eigenvalue weighted by Crippen LogP contribution is 2.41. The lowest BCUT2D eigenvalue weighted by Crippen LogP contribution is -1.91. The van der Waals surface area contributed by atoms with E-state index < -0.39 is 0 Å². The van der Waals surface area contributed by atoms with Gasteiger partial charge in [0.2, 0.25) is 0 Å². The normalized spacial score (nSPS) is 12.5. The zero-order chi connectivity index (χ0) is 20.1. The highest BCUT2D eigenvalue weighted by atomic mass is 16.3. The van der Waals surface area contributed by atoms with Crippen LogP contribution in [0.15, 0.2) is 88.2 Å². The van der Waals surface area contributed by atoms with Crippen LogP contribution in [0.2, 0.25) is 0 Å². The Balaban J connectivity index is 1.68. The predicted molar refractivity (Wildman–Crippen MR) is 123 cm³/mol. The number of fused-ring (bicyclic) bond motifs is 13. The van der Waals surface area contributed by atoms with Crippen LogP contribution in [0.25, 0.3) is 71.2 Å². The number of hydrogen-bond acceptors (Lipinski definition) is 4. The van der Waals surface area contributed by atoms with E-state index in [9.17, 15) is 0 Å². The molecular weight excluding hydrogens is 386 g/mol. The molecule has 0 amide bonds. The van der Waals surface area contributed by atoms with Gasteiger partial charge in [-0.25, -0.2) is 4.98 Å². The molecule has 8 rings (SSSR count). The van der Waals surface area contributed by atoms with E-state index in [2.05, 4.69) is 32.6 Å². The molecule has 5 aromatic heterocycles. The molecule has 0 aliphatic heterocycles. The number of rotatable bonds is 0. The van der Waals surface area contributed by atoms with E-state index in [-0.39, 0.29) is 0 Å². The summed E-state index contributed by atoms with van der Waals surface area (Å²) in [5, 5.41) is 7.64. The van der Waals surface area contributed by atoms with Crippen LogP contribution in [0.4, 0.5) is 0 Å². The summed E-state index contributed by atoms with van der Waals surface area (Å²) in [6.07, 6.45) is 7.59. The Kier molecular flexibility index (Phi) is 2.60. The molecule has 0 atom stereocenters. The summed E-state index contributed by atoms with van der Waals surface area (Å²) in [6, 6.07) is 18.5. The fourth-order valence-corrected chi connectivity index (χ4v) is 5.02. The molecule has 0 unspecified atom stereocenters. The SMILES string of the molecule is c1ccc2c(c1)oc1cc3oc4ccc5c6cnccc6c6nccn6c5c4c3cc12. The van der Waals surface area contributed by atoms with Crippen molar-refractivity contribution in [3.8, 4) is 0 Å². The topological polar surface area (TPSA) is 56.5 Å². The summed E-state index contributed by atoms with van der Waals surface area (Å²) in [5.74, 6) is 0. The molecule has 0 saturated heterocycles. The number of nitrogens with zero attached hydrogens (tertiary/aromatic N) is 3. The molecule has 0 radical (unpaired) electrons. The van der Waals surface area contributed by atoms with E-state index in [0.717, 1.165) is 71.2 Å². The Morgan fingerprint density at radius 2 is 1.55 bits per heavy atom. The molecule has 0 aliphatic rings. The van der Waals surface area contributed by atoms with Crippen molar-refractivity contribution < 1.29 is 8.83 Å². The number of aromatic nitrogens is 3. The third-order valence-corrected chi connectivity index (χ3v) is 6.34. The fourth-order valence-electron chi connectivity index (χ4n) is 5.02. The lowest BCUT2D eigenvalue weighted by Gasteiger charge is -2.08. The Morgan fingerprint density at radius 1 is 0.645 bits per heavy atom. The number of pyridine rings is 2. The van der Waals surface area contributed by atoms with Gasteiger partial charge < -0.3 is 8.83 Å². The molecular formula is C26H13N3O2. The molecule has 0 N–H and O–H groups in total. The Morgan fingerprint density at radius 3 is 2.55 bits per heavy atom. The van der Waals surface area contributed by atoms with Crippen LogP contribution in [0.5, 0.6) is 0 Å². The number of imidazole rings is 1. The van der Waals surface area contributed by atoms with E-state index in [1.54, 1.807) is 0 Å². The molecule has 5 heterocycles. The summed E-state index contributed by atoms with van der Waals surface area (Å²) in [5.41, 5.74) is 5.37. The second kappa shape index (κ2) is 5.21. The highest BCUT2D eigenvalue weighted by molar-refractivity contribution is 6.26. The van der Waals surface area contributed by atoms with E-state index in [4.69, 9.17) is 8.83 Å². The second-order valence-corrected chi connectivity index (χ2v) is 7.92. The summed E-state index contributed by atoms with van der Waals surface area (Å²) in [6.45, 7) is 0. The largest absolute Gasteiger partial charge is 0.456 e. The fraction of sp³-hybridized carbons (Fsp3) is 0. The van der Waals surface area contributed by atoms with E-state index >= 15 is 0 Å². The van der Waals surface area contributed by atoms with Gasteiger partial charge in [0, 0.05) is 63.2 Å². The first kappa shape index (κ1) is 15.5. The van der Waals surface area contributed by atoms with Crippen molar-refractivity contribution in [2.75, 3.05) is 0 Å². The minimum absolute atomic E-state index is 0.814. The van der Waals surface area contributed by atoms with E-state index in [1.807, 2.05) is 61.2 Å². The van der Waals surface area contributed by atoms with Crippen LogP contribution in [0.3, 0.4) is 0 Å². The monoisotopic (exact) mass is 399 g/mol. The van der Waals surface area contributed by atoms with Crippen molar-refractivity contribution in [3.05, 3.63) is 79.4 Å². The van der Waals surface area contributed by atoms with Gasteiger partial charge in [0.1, 0.15) is 28.0 Å². The van der Waals surface area contributed by atoms with Gasteiger partial charge in [0.05, 0.1) is 10.9 Å². The third-order valence-electron chi connectivity index (χ3n) is 6.34. The van der Waals surface area contributed by atoms with Gasteiger partial charge >= 0.3 is 0 Å². The van der Waals surface area contributed by atoms with Crippen LogP contribution in [-0.4, -0.2) is 14.4 Å². The number of para-hydroxylation sites is 1. The van der Waals surface area contributed by atoms with Crippen molar-refractivity contribution in [1.29, 1.82) is 0 Å². The maximum absolute atomic E-state index is 6.29.